The summed E-state index contributed by atoms with van der Waals surface area (Å²) >= 11 is 0. The summed E-state index contributed by atoms with van der Waals surface area (Å²) in [6.45, 7) is 4.51. The summed E-state index contributed by atoms with van der Waals surface area (Å²) in [5.41, 5.74) is 2.52. The Morgan fingerprint density at radius 1 is 1.39 bits per heavy atom. The van der Waals surface area contributed by atoms with Crippen molar-refractivity contribution in [1.82, 2.24) is 20.4 Å². The number of hydrogen-bond donors (Lipinski definition) is 2. The molecule has 0 radical (unpaired) electrons. The van der Waals surface area contributed by atoms with Gasteiger partial charge in [-0.15, -0.1) is 0 Å². The third-order valence-corrected chi connectivity index (χ3v) is 3.70. The van der Waals surface area contributed by atoms with Gasteiger partial charge in [0.15, 0.2) is 0 Å². The number of nitrogens with one attached hydrogen (secondary N) is 2. The lowest BCUT2D eigenvalue weighted by atomic mass is 10.1. The number of aromatic amines is 1. The van der Waals surface area contributed by atoms with E-state index in [0.29, 0.717) is 6.54 Å². The number of aromatic nitrogens is 2. The van der Waals surface area contributed by atoms with Crippen molar-refractivity contribution in [3.63, 3.8) is 0 Å². The summed E-state index contributed by atoms with van der Waals surface area (Å²) in [5, 5.41) is 9.93. The quantitative estimate of drug-likeness (QED) is 0.855. The predicted molar refractivity (Wildman–Crippen MR) is 88.4 cm³/mol. The molecule has 2 rings (SSSR count). The predicted octanol–water partition coefficient (Wildman–Crippen LogP) is 3.55. The van der Waals surface area contributed by atoms with Crippen molar-refractivity contribution in [2.45, 2.75) is 39.3 Å². The Balaban J connectivity index is 2.05. The van der Waals surface area contributed by atoms with Gasteiger partial charge in [-0.2, -0.15) is 5.10 Å². The molecule has 5 nitrogen and oxygen atoms in total. The van der Waals surface area contributed by atoms with Gasteiger partial charge >= 0.3 is 6.03 Å². The molecule has 0 spiro atoms. The van der Waals surface area contributed by atoms with Crippen LogP contribution in [0.1, 0.15) is 32.3 Å². The van der Waals surface area contributed by atoms with Crippen LogP contribution in [0.25, 0.3) is 11.3 Å². The molecule has 23 heavy (non-hydrogen) atoms. The summed E-state index contributed by atoms with van der Waals surface area (Å²) < 4.78 is 13.0. The second-order valence-corrected chi connectivity index (χ2v) is 5.77. The number of benzene rings is 1. The van der Waals surface area contributed by atoms with E-state index in [2.05, 4.69) is 22.4 Å². The number of carbonyl (C=O) groups is 1. The van der Waals surface area contributed by atoms with Crippen LogP contribution >= 0.6 is 0 Å². The number of nitrogens with zero attached hydrogens (tertiary/aromatic N) is 2. The number of carbonyl (C=O) groups excluding carboxylic acids is 1. The van der Waals surface area contributed by atoms with Crippen molar-refractivity contribution in [1.29, 1.82) is 0 Å². The molecule has 1 aromatic heterocycles. The van der Waals surface area contributed by atoms with Crippen LogP contribution in [0, 0.1) is 5.82 Å². The standard InChI is InChI=1S/C17H23FN4O/c1-4-5-12(2)20-17(23)22(3)11-14-10-19-21-16(14)13-6-8-15(18)9-7-13/h6-10,12H,4-5,11H2,1-3H3,(H,19,21)(H,20,23)/t12-/m0/s1. The molecule has 0 aliphatic heterocycles. The summed E-state index contributed by atoms with van der Waals surface area (Å²) in [6, 6.07) is 6.23. The fourth-order valence-corrected chi connectivity index (χ4v) is 2.45. The molecule has 0 unspecified atom stereocenters. The van der Waals surface area contributed by atoms with Crippen molar-refractivity contribution in [2.75, 3.05) is 7.05 Å². The van der Waals surface area contributed by atoms with Crippen LogP contribution in [-0.2, 0) is 6.54 Å². The van der Waals surface area contributed by atoms with Crippen molar-refractivity contribution in [2.24, 2.45) is 0 Å². The minimum absolute atomic E-state index is 0.114. The smallest absolute Gasteiger partial charge is 0.317 e. The van der Waals surface area contributed by atoms with Crippen molar-refractivity contribution < 1.29 is 9.18 Å². The van der Waals surface area contributed by atoms with Crippen LogP contribution in [0.3, 0.4) is 0 Å². The SMILES string of the molecule is CCC[C@H](C)NC(=O)N(C)Cc1cn[nH]c1-c1ccc(F)cc1. The molecule has 6 heteroatoms. The van der Waals surface area contributed by atoms with Gasteiger partial charge in [-0.3, -0.25) is 5.10 Å². The van der Waals surface area contributed by atoms with Crippen molar-refractivity contribution >= 4 is 6.03 Å². The normalized spacial score (nSPS) is 12.0. The molecule has 2 amide bonds. The lowest BCUT2D eigenvalue weighted by Gasteiger charge is -2.21. The topological polar surface area (TPSA) is 61.0 Å². The monoisotopic (exact) mass is 318 g/mol. The van der Waals surface area contributed by atoms with Gasteiger partial charge in [0.2, 0.25) is 0 Å². The number of halogens is 1. The average Bonchev–Trinajstić information content (AvgIpc) is 2.96. The maximum Gasteiger partial charge on any atom is 0.317 e. The van der Waals surface area contributed by atoms with E-state index in [0.717, 1.165) is 29.7 Å². The minimum Gasteiger partial charge on any atom is -0.336 e. The van der Waals surface area contributed by atoms with Gasteiger partial charge in [0.25, 0.3) is 0 Å². The Morgan fingerprint density at radius 2 is 2.09 bits per heavy atom. The molecule has 0 fully saturated rings. The molecule has 0 aliphatic rings. The zero-order valence-electron chi connectivity index (χ0n) is 13.8. The second kappa shape index (κ2) is 7.76. The van der Waals surface area contributed by atoms with Crippen LogP contribution in [-0.4, -0.2) is 34.2 Å². The van der Waals surface area contributed by atoms with Gasteiger partial charge in [0, 0.05) is 24.2 Å². The highest BCUT2D eigenvalue weighted by Crippen LogP contribution is 2.22. The number of hydrogen-bond acceptors (Lipinski definition) is 2. The third-order valence-electron chi connectivity index (χ3n) is 3.70. The molecule has 1 atom stereocenters. The van der Waals surface area contributed by atoms with Crippen LogP contribution < -0.4 is 5.32 Å². The first kappa shape index (κ1) is 17.0. The molecular formula is C17H23FN4O. The zero-order valence-corrected chi connectivity index (χ0v) is 13.8. The van der Waals surface area contributed by atoms with Gasteiger partial charge in [0.05, 0.1) is 18.4 Å². The number of rotatable bonds is 6. The van der Waals surface area contributed by atoms with Gasteiger partial charge in [0.1, 0.15) is 5.82 Å². The minimum atomic E-state index is -0.281. The summed E-state index contributed by atoms with van der Waals surface area (Å²) in [7, 11) is 1.75. The molecule has 1 aromatic carbocycles. The lowest BCUT2D eigenvalue weighted by Crippen LogP contribution is -2.41. The number of urea groups is 1. The fourth-order valence-electron chi connectivity index (χ4n) is 2.45. The maximum absolute atomic E-state index is 13.0. The van der Waals surface area contributed by atoms with Crippen LogP contribution in [0.5, 0.6) is 0 Å². The molecule has 0 bridgehead atoms. The zero-order chi connectivity index (χ0) is 16.8. The summed E-state index contributed by atoms with van der Waals surface area (Å²) in [5.74, 6) is -0.281. The van der Waals surface area contributed by atoms with Gasteiger partial charge in [-0.05, 0) is 37.6 Å². The first-order valence-electron chi connectivity index (χ1n) is 7.81. The van der Waals surface area contributed by atoms with Crippen LogP contribution in [0.2, 0.25) is 0 Å². The third kappa shape index (κ3) is 4.55. The van der Waals surface area contributed by atoms with Crippen molar-refractivity contribution in [3.8, 4) is 11.3 Å². The largest absolute Gasteiger partial charge is 0.336 e. The molecule has 0 aliphatic carbocycles. The molecule has 2 N–H and O–H groups in total. The molecule has 1 heterocycles. The van der Waals surface area contributed by atoms with E-state index in [1.165, 1.54) is 12.1 Å². The van der Waals surface area contributed by atoms with E-state index < -0.39 is 0 Å². The Bertz CT molecular complexity index is 638. The first-order chi connectivity index (χ1) is 11.0. The molecule has 124 valence electrons. The molecule has 0 saturated carbocycles. The first-order valence-corrected chi connectivity index (χ1v) is 7.81. The summed E-state index contributed by atoms with van der Waals surface area (Å²) in [4.78, 5) is 13.8. The number of H-pyrrole nitrogens is 1. The van der Waals surface area contributed by atoms with E-state index in [1.54, 1.807) is 30.3 Å². The van der Waals surface area contributed by atoms with E-state index in [1.807, 2.05) is 6.92 Å². The molecule has 2 aromatic rings. The Labute approximate surface area is 135 Å². The van der Waals surface area contributed by atoms with E-state index in [-0.39, 0.29) is 17.9 Å². The summed E-state index contributed by atoms with van der Waals surface area (Å²) in [6.07, 6.45) is 3.67. The van der Waals surface area contributed by atoms with E-state index >= 15 is 0 Å². The maximum atomic E-state index is 13.0. The lowest BCUT2D eigenvalue weighted by molar-refractivity contribution is 0.203. The highest BCUT2D eigenvalue weighted by molar-refractivity contribution is 5.74. The molecular weight excluding hydrogens is 295 g/mol. The fraction of sp³-hybridized carbons (Fsp3) is 0.412. The van der Waals surface area contributed by atoms with E-state index in [4.69, 9.17) is 0 Å². The van der Waals surface area contributed by atoms with Crippen LogP contribution in [0.4, 0.5) is 9.18 Å². The Hall–Kier alpha value is -2.37. The Kier molecular flexibility index (Phi) is 5.73. The second-order valence-electron chi connectivity index (χ2n) is 5.77. The highest BCUT2D eigenvalue weighted by Gasteiger charge is 2.15. The number of amides is 2. The van der Waals surface area contributed by atoms with Crippen LogP contribution in [0.15, 0.2) is 30.5 Å². The van der Waals surface area contributed by atoms with E-state index in [9.17, 15) is 9.18 Å². The van der Waals surface area contributed by atoms with Gasteiger partial charge in [-0.1, -0.05) is 13.3 Å². The average molecular weight is 318 g/mol. The van der Waals surface area contributed by atoms with Crippen molar-refractivity contribution in [3.05, 3.63) is 41.8 Å². The van der Waals surface area contributed by atoms with Gasteiger partial charge in [-0.25, -0.2) is 9.18 Å². The Morgan fingerprint density at radius 3 is 2.74 bits per heavy atom. The molecule has 0 saturated heterocycles. The highest BCUT2D eigenvalue weighted by atomic mass is 19.1. The van der Waals surface area contributed by atoms with Gasteiger partial charge < -0.3 is 10.2 Å².